The van der Waals surface area contributed by atoms with Crippen molar-refractivity contribution in [2.24, 2.45) is 5.10 Å². The average molecular weight is 405 g/mol. The minimum Gasteiger partial charge on any atom is -0.438 e. The maximum Gasteiger partial charge on any atom is 0.271 e. The van der Waals surface area contributed by atoms with Gasteiger partial charge in [0.1, 0.15) is 0 Å². The number of nitrogens with zero attached hydrogens (tertiary/aromatic N) is 2. The summed E-state index contributed by atoms with van der Waals surface area (Å²) in [7, 11) is 3.72. The van der Waals surface area contributed by atoms with Crippen LogP contribution in [-0.4, -0.2) is 26.2 Å². The number of nitrogens with one attached hydrogen (secondary N) is 1. The molecule has 0 bridgehead atoms. The second-order valence-electron chi connectivity index (χ2n) is 4.52. The number of rotatable bonds is 4. The first kappa shape index (κ1) is 16.9. The van der Waals surface area contributed by atoms with E-state index in [1.165, 1.54) is 12.3 Å². The van der Waals surface area contributed by atoms with E-state index < -0.39 is 5.91 Å². The molecular formula is C14H12BrCl2N3O2. The number of benzene rings is 1. The van der Waals surface area contributed by atoms with Gasteiger partial charge in [-0.3, -0.25) is 4.79 Å². The Kier molecular flexibility index (Phi) is 5.50. The zero-order valence-electron chi connectivity index (χ0n) is 11.7. The second kappa shape index (κ2) is 7.17. The lowest BCUT2D eigenvalue weighted by Gasteiger charge is -2.07. The van der Waals surface area contributed by atoms with Crippen LogP contribution in [0.5, 0.6) is 0 Å². The van der Waals surface area contributed by atoms with Crippen LogP contribution >= 0.6 is 39.1 Å². The monoisotopic (exact) mass is 403 g/mol. The number of carbonyl (C=O) groups excluding carboxylic acids is 1. The minimum absolute atomic E-state index is 0.309. The summed E-state index contributed by atoms with van der Waals surface area (Å²) >= 11 is 15.0. The highest BCUT2D eigenvalue weighted by atomic mass is 79.9. The SMILES string of the molecule is CN(C)c1oc(C=NNC(=O)c2ccc(Cl)c(Cl)c2)cc1Br. The van der Waals surface area contributed by atoms with E-state index in [2.05, 4.69) is 26.5 Å². The molecule has 1 amide bonds. The Balaban J connectivity index is 2.04. The van der Waals surface area contributed by atoms with Crippen LogP contribution < -0.4 is 10.3 Å². The second-order valence-corrected chi connectivity index (χ2v) is 6.19. The fourth-order valence-corrected chi connectivity index (χ4v) is 2.56. The van der Waals surface area contributed by atoms with Gasteiger partial charge in [0.2, 0.25) is 5.88 Å². The predicted octanol–water partition coefficient (Wildman–Crippen LogP) is 4.18. The van der Waals surface area contributed by atoms with Crippen molar-refractivity contribution in [1.82, 2.24) is 5.43 Å². The Morgan fingerprint density at radius 3 is 2.64 bits per heavy atom. The molecule has 1 heterocycles. The Bertz CT molecular complexity index is 729. The third kappa shape index (κ3) is 4.03. The number of halogens is 3. The van der Waals surface area contributed by atoms with E-state index in [4.69, 9.17) is 27.6 Å². The molecular weight excluding hydrogens is 393 g/mol. The number of hydrogen-bond donors (Lipinski definition) is 1. The number of hydrazone groups is 1. The Hall–Kier alpha value is -1.50. The van der Waals surface area contributed by atoms with Crippen LogP contribution in [-0.2, 0) is 0 Å². The van der Waals surface area contributed by atoms with Gasteiger partial charge >= 0.3 is 0 Å². The van der Waals surface area contributed by atoms with Crippen molar-refractivity contribution in [3.05, 3.63) is 50.1 Å². The van der Waals surface area contributed by atoms with Crippen LogP contribution in [0, 0.1) is 0 Å². The molecule has 8 heteroatoms. The third-order valence-corrected chi connectivity index (χ3v) is 3.94. The Labute approximate surface area is 146 Å². The van der Waals surface area contributed by atoms with Crippen LogP contribution in [0.3, 0.4) is 0 Å². The number of furan rings is 1. The van der Waals surface area contributed by atoms with E-state index in [-0.39, 0.29) is 0 Å². The smallest absolute Gasteiger partial charge is 0.271 e. The molecule has 0 saturated carbocycles. The summed E-state index contributed by atoms with van der Waals surface area (Å²) in [6.07, 6.45) is 1.41. The molecule has 5 nitrogen and oxygen atoms in total. The van der Waals surface area contributed by atoms with Crippen molar-refractivity contribution in [3.63, 3.8) is 0 Å². The Morgan fingerprint density at radius 1 is 1.32 bits per heavy atom. The van der Waals surface area contributed by atoms with Gasteiger partial charge in [0.05, 0.1) is 20.7 Å². The average Bonchev–Trinajstić information content (AvgIpc) is 2.83. The van der Waals surface area contributed by atoms with Crippen molar-refractivity contribution < 1.29 is 9.21 Å². The Morgan fingerprint density at radius 2 is 2.05 bits per heavy atom. The van der Waals surface area contributed by atoms with E-state index in [9.17, 15) is 4.79 Å². The lowest BCUT2D eigenvalue weighted by molar-refractivity contribution is 0.0955. The van der Waals surface area contributed by atoms with Crippen LogP contribution in [0.15, 0.2) is 38.3 Å². The first-order valence-corrected chi connectivity index (χ1v) is 7.68. The quantitative estimate of drug-likeness (QED) is 0.614. The van der Waals surface area contributed by atoms with Crippen molar-refractivity contribution >= 4 is 57.1 Å². The van der Waals surface area contributed by atoms with Crippen molar-refractivity contribution in [2.75, 3.05) is 19.0 Å². The fourth-order valence-electron chi connectivity index (χ4n) is 1.60. The normalized spacial score (nSPS) is 11.0. The molecule has 0 aliphatic rings. The number of hydrogen-bond acceptors (Lipinski definition) is 4. The summed E-state index contributed by atoms with van der Waals surface area (Å²) in [5, 5.41) is 4.55. The van der Waals surface area contributed by atoms with Crippen LogP contribution in [0.25, 0.3) is 0 Å². The largest absolute Gasteiger partial charge is 0.438 e. The number of anilines is 1. The van der Waals surface area contributed by atoms with Gasteiger partial charge in [0.25, 0.3) is 5.91 Å². The zero-order chi connectivity index (χ0) is 16.3. The van der Waals surface area contributed by atoms with E-state index >= 15 is 0 Å². The molecule has 0 aliphatic carbocycles. The molecule has 1 aromatic carbocycles. The lowest BCUT2D eigenvalue weighted by atomic mass is 10.2. The molecule has 1 aromatic heterocycles. The molecule has 0 spiro atoms. The van der Waals surface area contributed by atoms with Crippen molar-refractivity contribution in [2.45, 2.75) is 0 Å². The molecule has 22 heavy (non-hydrogen) atoms. The predicted molar refractivity (Wildman–Crippen MR) is 92.3 cm³/mol. The molecule has 1 N–H and O–H groups in total. The minimum atomic E-state index is -0.395. The zero-order valence-corrected chi connectivity index (χ0v) is 14.8. The first-order chi connectivity index (χ1) is 10.4. The molecule has 0 fully saturated rings. The van der Waals surface area contributed by atoms with E-state index in [1.54, 1.807) is 18.2 Å². The summed E-state index contributed by atoms with van der Waals surface area (Å²) in [4.78, 5) is 13.7. The highest BCUT2D eigenvalue weighted by Crippen LogP contribution is 2.27. The van der Waals surface area contributed by atoms with Gasteiger partial charge in [-0.25, -0.2) is 5.43 Å². The van der Waals surface area contributed by atoms with Gasteiger partial charge < -0.3 is 9.32 Å². The molecule has 0 unspecified atom stereocenters. The summed E-state index contributed by atoms with van der Waals surface area (Å²) in [6, 6.07) is 6.34. The standard InChI is InChI=1S/C14H12BrCl2N3O2/c1-20(2)14-10(15)6-9(22-14)7-18-19-13(21)8-3-4-11(16)12(17)5-8/h3-7H,1-2H3,(H,19,21). The summed E-state index contributed by atoms with van der Waals surface area (Å²) < 4.78 is 6.34. The third-order valence-electron chi connectivity index (χ3n) is 2.63. The first-order valence-electron chi connectivity index (χ1n) is 6.13. The molecule has 0 atom stereocenters. The summed E-state index contributed by atoms with van der Waals surface area (Å²) in [5.74, 6) is 0.774. The van der Waals surface area contributed by atoms with Gasteiger partial charge in [0, 0.05) is 25.7 Å². The van der Waals surface area contributed by atoms with Crippen LogP contribution in [0.1, 0.15) is 16.1 Å². The fraction of sp³-hybridized carbons (Fsp3) is 0.143. The summed E-state index contributed by atoms with van der Waals surface area (Å²) in [5.41, 5.74) is 2.75. The van der Waals surface area contributed by atoms with Gasteiger partial charge in [-0.2, -0.15) is 5.10 Å². The van der Waals surface area contributed by atoms with Gasteiger partial charge in [-0.1, -0.05) is 23.2 Å². The van der Waals surface area contributed by atoms with E-state index in [1.807, 2.05) is 19.0 Å². The highest BCUT2D eigenvalue weighted by molar-refractivity contribution is 9.10. The lowest BCUT2D eigenvalue weighted by Crippen LogP contribution is -2.17. The maximum absolute atomic E-state index is 11.9. The summed E-state index contributed by atoms with van der Waals surface area (Å²) in [6.45, 7) is 0. The van der Waals surface area contributed by atoms with Gasteiger partial charge in [-0.05, 0) is 34.1 Å². The molecule has 2 rings (SSSR count). The van der Waals surface area contributed by atoms with Crippen molar-refractivity contribution in [1.29, 1.82) is 0 Å². The van der Waals surface area contributed by atoms with Crippen molar-refractivity contribution in [3.8, 4) is 0 Å². The number of amides is 1. The van der Waals surface area contributed by atoms with Gasteiger partial charge in [-0.15, -0.1) is 0 Å². The molecule has 0 aliphatic heterocycles. The van der Waals surface area contributed by atoms with E-state index in [0.717, 1.165) is 4.47 Å². The molecule has 0 saturated heterocycles. The van der Waals surface area contributed by atoms with Crippen LogP contribution in [0.2, 0.25) is 10.0 Å². The highest BCUT2D eigenvalue weighted by Gasteiger charge is 2.10. The van der Waals surface area contributed by atoms with E-state index in [0.29, 0.717) is 27.3 Å². The molecule has 2 aromatic rings. The molecule has 116 valence electrons. The van der Waals surface area contributed by atoms with Crippen LogP contribution in [0.4, 0.5) is 5.88 Å². The topological polar surface area (TPSA) is 57.8 Å². The molecule has 0 radical (unpaired) electrons. The van der Waals surface area contributed by atoms with Gasteiger partial charge in [0.15, 0.2) is 5.76 Å². The number of carbonyl (C=O) groups is 1. The maximum atomic E-state index is 11.9.